The van der Waals surface area contributed by atoms with Crippen molar-refractivity contribution in [2.24, 2.45) is 5.11 Å². The van der Waals surface area contributed by atoms with Crippen LogP contribution in [0.1, 0.15) is 27.0 Å². The topological polar surface area (TPSA) is 250 Å². The summed E-state index contributed by atoms with van der Waals surface area (Å²) < 4.78 is 36.1. The summed E-state index contributed by atoms with van der Waals surface area (Å²) in [5.41, 5.74) is 6.96. The lowest BCUT2D eigenvalue weighted by Gasteiger charge is -2.18. The van der Waals surface area contributed by atoms with Crippen LogP contribution >= 0.6 is 15.6 Å². The first-order valence-corrected chi connectivity index (χ1v) is 13.0. The predicted molar refractivity (Wildman–Crippen MR) is 117 cm³/mol. The number of rotatable bonds is 10. The van der Waals surface area contributed by atoms with Gasteiger partial charge < -0.3 is 29.4 Å². The number of aliphatic hydroxyl groups is 1. The third kappa shape index (κ3) is 9.41. The second-order valence-electron chi connectivity index (χ2n) is 6.72. The molecule has 34 heavy (non-hydrogen) atoms. The zero-order chi connectivity index (χ0) is 26.1. The number of azide groups is 1. The molecule has 0 radical (unpaired) electrons. The number of nitrogens with zero attached hydrogens (tertiary/aromatic N) is 5. The van der Waals surface area contributed by atoms with Crippen LogP contribution in [-0.4, -0.2) is 78.7 Å². The molecule has 2 unspecified atom stereocenters. The van der Waals surface area contributed by atoms with Gasteiger partial charge in [-0.1, -0.05) is 25.9 Å². The number of H-pyrrole nitrogens is 1. The zero-order valence-corrected chi connectivity index (χ0v) is 20.4. The SMILES string of the molecule is CCN(CC)CC.[N-]=[N+]=NC1[C@H](n2ccc(=O)[nH]c2=O)O[C@H](COP(=O)(O)OP(=O)(O)O)[C@H]1O. The summed E-state index contributed by atoms with van der Waals surface area (Å²) >= 11 is 0. The lowest BCUT2D eigenvalue weighted by atomic mass is 10.1. The Hall–Kier alpha value is -1.87. The lowest BCUT2D eigenvalue weighted by molar-refractivity contribution is -0.0455. The smallest absolute Gasteiger partial charge is 0.390 e. The highest BCUT2D eigenvalue weighted by molar-refractivity contribution is 7.60. The maximum atomic E-state index is 11.9. The second-order valence-corrected chi connectivity index (χ2v) is 9.55. The van der Waals surface area contributed by atoms with Crippen LogP contribution in [0.25, 0.3) is 10.4 Å². The van der Waals surface area contributed by atoms with Crippen LogP contribution in [-0.2, 0) is 22.7 Å². The van der Waals surface area contributed by atoms with E-state index in [-0.39, 0.29) is 0 Å². The Morgan fingerprint density at radius 1 is 1.24 bits per heavy atom. The molecule has 2 rings (SSSR count). The van der Waals surface area contributed by atoms with Gasteiger partial charge >= 0.3 is 21.3 Å². The van der Waals surface area contributed by atoms with Crippen molar-refractivity contribution < 1.29 is 42.5 Å². The van der Waals surface area contributed by atoms with Gasteiger partial charge in [0.15, 0.2) is 0 Å². The van der Waals surface area contributed by atoms with Crippen LogP contribution < -0.4 is 11.2 Å². The highest BCUT2D eigenvalue weighted by atomic mass is 31.3. The molecule has 0 bridgehead atoms. The average molecular weight is 530 g/mol. The first-order chi connectivity index (χ1) is 15.8. The summed E-state index contributed by atoms with van der Waals surface area (Å²) in [6, 6.07) is -0.433. The zero-order valence-electron chi connectivity index (χ0n) is 18.6. The van der Waals surface area contributed by atoms with E-state index in [1.54, 1.807) is 0 Å². The molecule has 1 aliphatic heterocycles. The minimum absolute atomic E-state index is 0.717. The number of phosphoric ester groups is 1. The summed E-state index contributed by atoms with van der Waals surface area (Å²) in [5.74, 6) is 0. The van der Waals surface area contributed by atoms with Crippen molar-refractivity contribution in [2.45, 2.75) is 45.2 Å². The van der Waals surface area contributed by atoms with Crippen LogP contribution in [0.4, 0.5) is 0 Å². The summed E-state index contributed by atoms with van der Waals surface area (Å²) in [5, 5.41) is 13.5. The van der Waals surface area contributed by atoms with E-state index in [9.17, 15) is 28.7 Å². The molecule has 19 heteroatoms. The monoisotopic (exact) mass is 530 g/mol. The molecule has 0 spiro atoms. The molecular formula is C15H28N6O11P2. The van der Waals surface area contributed by atoms with Crippen molar-refractivity contribution in [1.82, 2.24) is 14.5 Å². The van der Waals surface area contributed by atoms with E-state index in [4.69, 9.17) is 20.1 Å². The Labute approximate surface area is 193 Å². The summed E-state index contributed by atoms with van der Waals surface area (Å²) in [4.78, 5) is 56.1. The molecule has 0 aromatic carbocycles. The average Bonchev–Trinajstić information content (AvgIpc) is 3.02. The molecule has 1 aliphatic rings. The highest BCUT2D eigenvalue weighted by Crippen LogP contribution is 2.57. The summed E-state index contributed by atoms with van der Waals surface area (Å²) in [6.45, 7) is 9.21. The van der Waals surface area contributed by atoms with Crippen molar-refractivity contribution in [3.8, 4) is 0 Å². The van der Waals surface area contributed by atoms with E-state index in [1.807, 2.05) is 4.98 Å². The van der Waals surface area contributed by atoms with E-state index in [0.29, 0.717) is 0 Å². The van der Waals surface area contributed by atoms with Gasteiger partial charge in [-0.2, -0.15) is 4.31 Å². The molecule has 1 aromatic rings. The molecule has 1 saturated heterocycles. The van der Waals surface area contributed by atoms with Crippen molar-refractivity contribution >= 4 is 15.6 Å². The molecule has 0 saturated carbocycles. The van der Waals surface area contributed by atoms with Crippen LogP contribution in [0, 0.1) is 0 Å². The number of aliphatic hydroxyl groups excluding tert-OH is 1. The predicted octanol–water partition coefficient (Wildman–Crippen LogP) is 0.0482. The first kappa shape index (κ1) is 30.2. The number of nitrogens with one attached hydrogen (secondary N) is 1. The molecule has 1 aromatic heterocycles. The van der Waals surface area contributed by atoms with Crippen LogP contribution in [0.2, 0.25) is 0 Å². The number of ether oxygens (including phenoxy) is 1. The molecule has 0 amide bonds. The minimum Gasteiger partial charge on any atom is -0.390 e. The van der Waals surface area contributed by atoms with E-state index >= 15 is 0 Å². The van der Waals surface area contributed by atoms with Crippen molar-refractivity contribution in [3.05, 3.63) is 43.5 Å². The Kier molecular flexibility index (Phi) is 11.8. The largest absolute Gasteiger partial charge is 0.481 e. The third-order valence-electron chi connectivity index (χ3n) is 4.60. The molecule has 0 aliphatic carbocycles. The number of hydrogen-bond acceptors (Lipinski definition) is 10. The molecule has 5 N–H and O–H groups in total. The molecule has 5 atom stereocenters. The number of aromatic nitrogens is 2. The Bertz CT molecular complexity index is 1040. The quantitative estimate of drug-likeness (QED) is 0.116. The first-order valence-electron chi connectivity index (χ1n) is 9.94. The number of aromatic amines is 1. The van der Waals surface area contributed by atoms with E-state index in [2.05, 4.69) is 44.5 Å². The third-order valence-corrected chi connectivity index (χ3v) is 6.75. The van der Waals surface area contributed by atoms with E-state index in [0.717, 1.165) is 16.8 Å². The van der Waals surface area contributed by atoms with Crippen molar-refractivity contribution in [2.75, 3.05) is 26.2 Å². The Balaban J connectivity index is 0.000000718. The van der Waals surface area contributed by atoms with Gasteiger partial charge in [0.25, 0.3) is 5.56 Å². The molecule has 2 heterocycles. The molecule has 194 valence electrons. The van der Waals surface area contributed by atoms with Crippen molar-refractivity contribution in [1.29, 1.82) is 0 Å². The Morgan fingerprint density at radius 2 is 1.82 bits per heavy atom. The fourth-order valence-electron chi connectivity index (χ4n) is 2.91. The molecule has 1 fully saturated rings. The lowest BCUT2D eigenvalue weighted by Crippen LogP contribution is -2.36. The fourth-order valence-corrected chi connectivity index (χ4v) is 4.50. The second kappa shape index (κ2) is 13.3. The van der Waals surface area contributed by atoms with Crippen LogP contribution in [0.15, 0.2) is 27.0 Å². The summed E-state index contributed by atoms with van der Waals surface area (Å²) in [7, 11) is -10.6. The maximum Gasteiger partial charge on any atom is 0.481 e. The van der Waals surface area contributed by atoms with Crippen LogP contribution in [0.3, 0.4) is 0 Å². The van der Waals surface area contributed by atoms with Gasteiger partial charge in [0.2, 0.25) is 0 Å². The fraction of sp³-hybridized carbons (Fsp3) is 0.733. The van der Waals surface area contributed by atoms with E-state index in [1.165, 1.54) is 19.6 Å². The van der Waals surface area contributed by atoms with Gasteiger partial charge in [0, 0.05) is 17.2 Å². The van der Waals surface area contributed by atoms with Crippen molar-refractivity contribution in [3.63, 3.8) is 0 Å². The normalized spacial score (nSPS) is 24.1. The van der Waals surface area contributed by atoms with Crippen LogP contribution in [0.5, 0.6) is 0 Å². The summed E-state index contributed by atoms with van der Waals surface area (Å²) in [6.07, 6.45) is -3.49. The standard InChI is InChI=1S/C9H13N5O11P2.C6H15N/c10-13-12-6-7(16)4(3-23-27(21,22)25-26(18,19)20)24-8(6)14-2-1-5(15)11-9(14)17;1-4-7(5-2)6-3/h1-2,4,6-8,16H,3H2,(H,21,22)(H,11,15,17)(H2,18,19,20);4-6H2,1-3H3/t4-,6?,7-,8-;/m1./s1. The maximum absolute atomic E-state index is 11.9. The molecule has 17 nitrogen and oxygen atoms in total. The number of hydrogen-bond donors (Lipinski definition) is 5. The highest BCUT2D eigenvalue weighted by Gasteiger charge is 2.46. The van der Waals surface area contributed by atoms with Gasteiger partial charge in [0.1, 0.15) is 18.4 Å². The Morgan fingerprint density at radius 3 is 2.26 bits per heavy atom. The number of phosphoric acid groups is 2. The van der Waals surface area contributed by atoms with Gasteiger partial charge in [-0.05, 0) is 25.2 Å². The molecular weight excluding hydrogens is 502 g/mol. The van der Waals surface area contributed by atoms with Gasteiger partial charge in [-0.25, -0.2) is 13.9 Å². The van der Waals surface area contributed by atoms with Gasteiger partial charge in [0.05, 0.1) is 12.7 Å². The van der Waals surface area contributed by atoms with Gasteiger partial charge in [-0.3, -0.25) is 18.9 Å². The van der Waals surface area contributed by atoms with E-state index < -0.39 is 58.0 Å². The van der Waals surface area contributed by atoms with Gasteiger partial charge in [-0.15, -0.1) is 0 Å². The minimum atomic E-state index is -5.34.